The molecule has 0 heteroatoms. The van der Waals surface area contributed by atoms with Gasteiger partial charge in [-0.05, 0) is 146 Å². The lowest BCUT2D eigenvalue weighted by Crippen LogP contribution is -2.15. The zero-order valence-electron chi connectivity index (χ0n) is 26.4. The number of benzene rings is 10. The van der Waals surface area contributed by atoms with E-state index in [1.54, 1.807) is 0 Å². The maximum Gasteiger partial charge on any atom is 0.0159 e. The molecule has 0 atom stereocenters. The van der Waals surface area contributed by atoms with Crippen molar-refractivity contribution in [1.29, 1.82) is 0 Å². The van der Waals surface area contributed by atoms with Crippen molar-refractivity contribution >= 4 is 64.6 Å². The third-order valence-corrected chi connectivity index (χ3v) is 11.3. The van der Waals surface area contributed by atoms with E-state index < -0.39 is 0 Å². The smallest absolute Gasteiger partial charge is 0.0159 e. The Morgan fingerprint density at radius 3 is 0.979 bits per heavy atom. The zero-order chi connectivity index (χ0) is 31.0. The summed E-state index contributed by atoms with van der Waals surface area (Å²) in [5, 5.41) is 16.0. The van der Waals surface area contributed by atoms with Crippen molar-refractivity contribution < 1.29 is 0 Å². The SMILES string of the molecule is CC1(C)c2cc(-c3cc4ccc5cccc6ccc(c3)c4c56)ccc2-c2ccc(-c3cc4ccc5cccc6ccc(c3)c4c56)cc21. The Hall–Kier alpha value is -5.72. The van der Waals surface area contributed by atoms with Gasteiger partial charge in [-0.15, -0.1) is 0 Å². The molecular weight excluding hydrogens is 565 g/mol. The molecule has 0 unspecified atom stereocenters. The Kier molecular flexibility index (Phi) is 4.74. The average Bonchev–Trinajstić information content (AvgIpc) is 3.34. The third-order valence-electron chi connectivity index (χ3n) is 11.3. The van der Waals surface area contributed by atoms with Crippen LogP contribution in [0.15, 0.2) is 146 Å². The predicted molar refractivity (Wildman–Crippen MR) is 202 cm³/mol. The first-order chi connectivity index (χ1) is 23.0. The first-order valence-electron chi connectivity index (χ1n) is 16.7. The van der Waals surface area contributed by atoms with Crippen molar-refractivity contribution in [3.63, 3.8) is 0 Å². The van der Waals surface area contributed by atoms with Crippen LogP contribution in [0.1, 0.15) is 25.0 Å². The second-order valence-corrected chi connectivity index (χ2v) is 14.2. The third kappa shape index (κ3) is 3.37. The molecule has 0 spiro atoms. The minimum Gasteiger partial charge on any atom is -0.0610 e. The van der Waals surface area contributed by atoms with Crippen molar-refractivity contribution in [2.24, 2.45) is 0 Å². The topological polar surface area (TPSA) is 0 Å². The van der Waals surface area contributed by atoms with Crippen LogP contribution in [0, 0.1) is 0 Å². The molecule has 1 aliphatic rings. The summed E-state index contributed by atoms with van der Waals surface area (Å²) in [4.78, 5) is 0. The highest BCUT2D eigenvalue weighted by Crippen LogP contribution is 2.51. The number of hydrogen-bond acceptors (Lipinski definition) is 0. The van der Waals surface area contributed by atoms with Crippen molar-refractivity contribution in [3.8, 4) is 33.4 Å². The minimum absolute atomic E-state index is 0.108. The Balaban J connectivity index is 1.03. The predicted octanol–water partition coefficient (Wildman–Crippen LogP) is 13.1. The molecule has 218 valence electrons. The molecule has 10 aromatic rings. The van der Waals surface area contributed by atoms with Gasteiger partial charge in [-0.2, -0.15) is 0 Å². The molecular formula is C47H30. The Labute approximate surface area is 273 Å². The van der Waals surface area contributed by atoms with E-state index in [-0.39, 0.29) is 5.41 Å². The highest BCUT2D eigenvalue weighted by Gasteiger charge is 2.36. The van der Waals surface area contributed by atoms with E-state index in [0.717, 1.165) is 0 Å². The average molecular weight is 595 g/mol. The summed E-state index contributed by atoms with van der Waals surface area (Å²) in [5.41, 5.74) is 10.5. The van der Waals surface area contributed by atoms with Gasteiger partial charge >= 0.3 is 0 Å². The lowest BCUT2D eigenvalue weighted by Gasteiger charge is -2.23. The van der Waals surface area contributed by atoms with E-state index in [9.17, 15) is 0 Å². The van der Waals surface area contributed by atoms with Crippen LogP contribution in [-0.2, 0) is 5.41 Å². The van der Waals surface area contributed by atoms with Gasteiger partial charge in [0.25, 0.3) is 0 Å². The van der Waals surface area contributed by atoms with E-state index in [0.29, 0.717) is 0 Å². The molecule has 0 aromatic heterocycles. The minimum atomic E-state index is -0.108. The fraction of sp³-hybridized carbons (Fsp3) is 0.0638. The molecule has 0 radical (unpaired) electrons. The summed E-state index contributed by atoms with van der Waals surface area (Å²) in [5.74, 6) is 0. The largest absolute Gasteiger partial charge is 0.0610 e. The van der Waals surface area contributed by atoms with Gasteiger partial charge in [-0.1, -0.05) is 123 Å². The summed E-state index contributed by atoms with van der Waals surface area (Å²) in [6.07, 6.45) is 0. The standard InChI is InChI=1S/C47H30/c1-47(2)41-25-31(37-21-33-13-9-27-5-3-6-28-10-14-34(22-37)45(33)43(27)28)17-19-39(41)40-20-18-32(26-42(40)47)38-23-35-15-11-29-7-4-8-30-12-16-36(24-38)46(35)44(29)30/h3-26H,1-2H3. The van der Waals surface area contributed by atoms with Gasteiger partial charge in [0.05, 0.1) is 0 Å². The van der Waals surface area contributed by atoms with E-state index in [1.807, 2.05) is 0 Å². The van der Waals surface area contributed by atoms with Crippen LogP contribution in [0.5, 0.6) is 0 Å². The zero-order valence-corrected chi connectivity index (χ0v) is 26.4. The molecule has 0 fully saturated rings. The van der Waals surface area contributed by atoms with Gasteiger partial charge < -0.3 is 0 Å². The highest BCUT2D eigenvalue weighted by molar-refractivity contribution is 6.25. The molecule has 1 aliphatic carbocycles. The van der Waals surface area contributed by atoms with Gasteiger partial charge in [0, 0.05) is 5.41 Å². The molecule has 0 nitrogen and oxygen atoms in total. The quantitative estimate of drug-likeness (QED) is 0.175. The molecule has 47 heavy (non-hydrogen) atoms. The summed E-state index contributed by atoms with van der Waals surface area (Å²) in [6.45, 7) is 4.79. The monoisotopic (exact) mass is 594 g/mol. The molecule has 0 N–H and O–H groups in total. The van der Waals surface area contributed by atoms with Crippen LogP contribution in [0.4, 0.5) is 0 Å². The van der Waals surface area contributed by atoms with Gasteiger partial charge in [-0.3, -0.25) is 0 Å². The van der Waals surface area contributed by atoms with E-state index in [1.165, 1.54) is 109 Å². The maximum atomic E-state index is 2.45. The lowest BCUT2D eigenvalue weighted by molar-refractivity contribution is 0.661. The summed E-state index contributed by atoms with van der Waals surface area (Å²) in [6, 6.07) is 55.3. The summed E-state index contributed by atoms with van der Waals surface area (Å²) < 4.78 is 0. The maximum absolute atomic E-state index is 2.45. The molecule has 0 bridgehead atoms. The van der Waals surface area contributed by atoms with E-state index >= 15 is 0 Å². The van der Waals surface area contributed by atoms with E-state index in [4.69, 9.17) is 0 Å². The van der Waals surface area contributed by atoms with Crippen LogP contribution >= 0.6 is 0 Å². The molecule has 0 amide bonds. The number of hydrogen-bond donors (Lipinski definition) is 0. The normalized spacial score (nSPS) is 13.9. The van der Waals surface area contributed by atoms with Crippen molar-refractivity contribution in [2.75, 3.05) is 0 Å². The van der Waals surface area contributed by atoms with Crippen molar-refractivity contribution in [3.05, 3.63) is 157 Å². The second-order valence-electron chi connectivity index (χ2n) is 14.2. The van der Waals surface area contributed by atoms with Gasteiger partial charge in [0.2, 0.25) is 0 Å². The molecule has 0 heterocycles. The lowest BCUT2D eigenvalue weighted by atomic mass is 9.80. The molecule has 0 saturated carbocycles. The summed E-state index contributed by atoms with van der Waals surface area (Å²) in [7, 11) is 0. The first-order valence-corrected chi connectivity index (χ1v) is 16.7. The Morgan fingerprint density at radius 1 is 0.298 bits per heavy atom. The van der Waals surface area contributed by atoms with Crippen LogP contribution in [0.3, 0.4) is 0 Å². The molecule has 0 saturated heterocycles. The highest BCUT2D eigenvalue weighted by atomic mass is 14.4. The van der Waals surface area contributed by atoms with Gasteiger partial charge in [0.1, 0.15) is 0 Å². The van der Waals surface area contributed by atoms with E-state index in [2.05, 4.69) is 159 Å². The Bertz CT molecular complexity index is 2590. The molecule has 10 aromatic carbocycles. The van der Waals surface area contributed by atoms with Crippen molar-refractivity contribution in [1.82, 2.24) is 0 Å². The molecule has 11 rings (SSSR count). The van der Waals surface area contributed by atoms with Crippen LogP contribution in [0.2, 0.25) is 0 Å². The summed E-state index contributed by atoms with van der Waals surface area (Å²) >= 11 is 0. The molecule has 0 aliphatic heterocycles. The van der Waals surface area contributed by atoms with Crippen molar-refractivity contribution in [2.45, 2.75) is 19.3 Å². The van der Waals surface area contributed by atoms with Gasteiger partial charge in [-0.25, -0.2) is 0 Å². The van der Waals surface area contributed by atoms with Crippen LogP contribution in [0.25, 0.3) is 98.0 Å². The fourth-order valence-corrected chi connectivity index (χ4v) is 8.94. The van der Waals surface area contributed by atoms with Gasteiger partial charge in [0.15, 0.2) is 0 Å². The fourth-order valence-electron chi connectivity index (χ4n) is 8.94. The second kappa shape index (κ2) is 8.75. The van der Waals surface area contributed by atoms with Crippen LogP contribution < -0.4 is 0 Å². The van der Waals surface area contributed by atoms with Crippen LogP contribution in [-0.4, -0.2) is 0 Å². The number of rotatable bonds is 2. The Morgan fingerprint density at radius 2 is 0.617 bits per heavy atom. The first kappa shape index (κ1) is 25.5. The number of fused-ring (bicyclic) bond motifs is 3.